The number of para-hydroxylation sites is 1. The van der Waals surface area contributed by atoms with E-state index in [1.165, 1.54) is 18.7 Å². The molecule has 0 aliphatic carbocycles. The minimum atomic E-state index is -0.399. The molecule has 7 nitrogen and oxygen atoms in total. The molecule has 1 aliphatic rings. The highest BCUT2D eigenvalue weighted by atomic mass is 19.1. The van der Waals surface area contributed by atoms with E-state index in [1.807, 2.05) is 30.3 Å². The van der Waals surface area contributed by atoms with E-state index in [2.05, 4.69) is 15.0 Å². The smallest absolute Gasteiger partial charge is 0.282 e. The van der Waals surface area contributed by atoms with Crippen LogP contribution in [0.2, 0.25) is 0 Å². The van der Waals surface area contributed by atoms with Crippen molar-refractivity contribution in [3.8, 4) is 17.3 Å². The van der Waals surface area contributed by atoms with Crippen molar-refractivity contribution in [1.29, 1.82) is 0 Å². The number of nitrogens with zero attached hydrogens (tertiary/aromatic N) is 4. The molecule has 3 aromatic carbocycles. The van der Waals surface area contributed by atoms with Crippen LogP contribution in [0.4, 0.5) is 10.1 Å². The summed E-state index contributed by atoms with van der Waals surface area (Å²) in [6, 6.07) is 19.4. The molecule has 0 amide bonds. The number of hydrogen-bond donors (Lipinski definition) is 0. The second kappa shape index (κ2) is 9.54. The van der Waals surface area contributed by atoms with Gasteiger partial charge in [-0.3, -0.25) is 4.79 Å². The summed E-state index contributed by atoms with van der Waals surface area (Å²) in [4.78, 5) is 20.3. The summed E-state index contributed by atoms with van der Waals surface area (Å²) in [6.07, 6.45) is 4.77. The quantitative estimate of drug-likeness (QED) is 0.286. The number of benzene rings is 3. The van der Waals surface area contributed by atoms with E-state index in [0.29, 0.717) is 28.0 Å². The highest BCUT2D eigenvalue weighted by Gasteiger charge is 2.18. The van der Waals surface area contributed by atoms with Crippen LogP contribution in [0.1, 0.15) is 24.8 Å². The number of anilines is 1. The molecule has 0 N–H and O–H groups in total. The van der Waals surface area contributed by atoms with E-state index in [9.17, 15) is 4.79 Å². The molecule has 0 bridgehead atoms. The third kappa shape index (κ3) is 4.24. The molecular weight excluding hydrogens is 471 g/mol. The number of halogens is 1. The fraction of sp³-hybridized carbons (Fsp3) is 0.207. The van der Waals surface area contributed by atoms with Crippen LogP contribution in [0.3, 0.4) is 0 Å². The van der Waals surface area contributed by atoms with E-state index >= 15 is 4.39 Å². The molecule has 1 fully saturated rings. The summed E-state index contributed by atoms with van der Waals surface area (Å²) in [7, 11) is 1.58. The first-order chi connectivity index (χ1) is 18.1. The van der Waals surface area contributed by atoms with Crippen molar-refractivity contribution in [3.63, 3.8) is 0 Å². The monoisotopic (exact) mass is 496 g/mol. The Bertz CT molecular complexity index is 1700. The van der Waals surface area contributed by atoms with Crippen LogP contribution in [-0.4, -0.2) is 36.1 Å². The molecule has 0 unspecified atom stereocenters. The van der Waals surface area contributed by atoms with Gasteiger partial charge in [-0.25, -0.2) is 9.37 Å². The highest BCUT2D eigenvalue weighted by Crippen LogP contribution is 2.33. The molecule has 0 spiro atoms. The maximum Gasteiger partial charge on any atom is 0.282 e. The Balaban J connectivity index is 1.45. The average molecular weight is 497 g/mol. The Morgan fingerprint density at radius 2 is 1.84 bits per heavy atom. The first-order valence-corrected chi connectivity index (χ1v) is 12.3. The molecule has 6 rings (SSSR count). The van der Waals surface area contributed by atoms with Crippen molar-refractivity contribution in [2.45, 2.75) is 19.3 Å². The van der Waals surface area contributed by atoms with Crippen LogP contribution in [0.5, 0.6) is 5.75 Å². The van der Waals surface area contributed by atoms with Gasteiger partial charge >= 0.3 is 0 Å². The van der Waals surface area contributed by atoms with Crippen molar-refractivity contribution < 1.29 is 13.5 Å². The van der Waals surface area contributed by atoms with E-state index in [0.717, 1.165) is 41.7 Å². The van der Waals surface area contributed by atoms with Crippen LogP contribution in [0.15, 0.2) is 81.0 Å². The maximum absolute atomic E-state index is 15.1. The zero-order valence-corrected chi connectivity index (χ0v) is 20.4. The van der Waals surface area contributed by atoms with Gasteiger partial charge in [0.15, 0.2) is 5.76 Å². The summed E-state index contributed by atoms with van der Waals surface area (Å²) in [6.45, 7) is 1.85. The van der Waals surface area contributed by atoms with E-state index < -0.39 is 5.82 Å². The fourth-order valence-corrected chi connectivity index (χ4v) is 4.80. The van der Waals surface area contributed by atoms with Crippen LogP contribution >= 0.6 is 0 Å². The Morgan fingerprint density at radius 1 is 1.00 bits per heavy atom. The largest absolute Gasteiger partial charge is 0.496 e. The van der Waals surface area contributed by atoms with Crippen molar-refractivity contribution in [1.82, 2.24) is 9.66 Å². The lowest BCUT2D eigenvalue weighted by atomic mass is 10.1. The third-order valence-corrected chi connectivity index (χ3v) is 6.73. The van der Waals surface area contributed by atoms with Gasteiger partial charge in [-0.2, -0.15) is 9.78 Å². The SMILES string of the molecule is COc1cccc2oc(-c3nc4ccccc4c(=O)n3N=Cc3ccc(N4CCCCC4)cc3F)cc12. The number of furan rings is 1. The van der Waals surface area contributed by atoms with Gasteiger partial charge in [0.2, 0.25) is 5.82 Å². The zero-order chi connectivity index (χ0) is 25.4. The van der Waals surface area contributed by atoms with E-state index in [4.69, 9.17) is 9.15 Å². The minimum Gasteiger partial charge on any atom is -0.496 e. The first kappa shape index (κ1) is 23.0. The molecule has 186 valence electrons. The molecule has 0 saturated carbocycles. The summed E-state index contributed by atoms with van der Waals surface area (Å²) < 4.78 is 27.7. The number of methoxy groups -OCH3 is 1. The topological polar surface area (TPSA) is 72.9 Å². The molecular formula is C29H25FN4O3. The Hall–Kier alpha value is -4.46. The van der Waals surface area contributed by atoms with Crippen molar-refractivity contribution in [2.75, 3.05) is 25.1 Å². The van der Waals surface area contributed by atoms with E-state index in [-0.39, 0.29) is 16.9 Å². The molecule has 1 aliphatic heterocycles. The lowest BCUT2D eigenvalue weighted by Crippen LogP contribution is -2.29. The molecule has 2 aromatic heterocycles. The number of aromatic nitrogens is 2. The number of piperidine rings is 1. The lowest BCUT2D eigenvalue weighted by Gasteiger charge is -2.28. The Kier molecular flexibility index (Phi) is 5.92. The van der Waals surface area contributed by atoms with Crippen molar-refractivity contribution in [2.24, 2.45) is 5.10 Å². The molecule has 8 heteroatoms. The normalized spacial score (nSPS) is 14.2. The number of hydrogen-bond acceptors (Lipinski definition) is 6. The standard InChI is InChI=1S/C29H25FN4O3/c1-36-25-10-7-11-26-22(25)17-27(37-26)28-32-24-9-4-3-8-21(24)29(35)34(28)31-18-19-12-13-20(16-23(19)30)33-14-5-2-6-15-33/h3-4,7-13,16-18H,2,5-6,14-15H2,1H3. The van der Waals surface area contributed by atoms with Gasteiger partial charge in [0, 0.05) is 24.3 Å². The summed E-state index contributed by atoms with van der Waals surface area (Å²) in [5.41, 5.74) is 1.86. The van der Waals surface area contributed by atoms with E-state index in [1.54, 1.807) is 37.4 Å². The first-order valence-electron chi connectivity index (χ1n) is 12.3. The highest BCUT2D eigenvalue weighted by molar-refractivity contribution is 5.88. The number of rotatable bonds is 5. The second-order valence-electron chi connectivity index (χ2n) is 9.05. The van der Waals surface area contributed by atoms with Gasteiger partial charge in [-0.15, -0.1) is 0 Å². The predicted octanol–water partition coefficient (Wildman–Crippen LogP) is 5.83. The molecule has 37 heavy (non-hydrogen) atoms. The molecule has 5 aromatic rings. The van der Waals surface area contributed by atoms with Gasteiger partial charge < -0.3 is 14.1 Å². The van der Waals surface area contributed by atoms with Crippen molar-refractivity contribution in [3.05, 3.63) is 88.5 Å². The predicted molar refractivity (Wildman–Crippen MR) is 143 cm³/mol. The van der Waals surface area contributed by atoms with Gasteiger partial charge in [0.05, 0.1) is 29.6 Å². The van der Waals surface area contributed by atoms with Crippen molar-refractivity contribution >= 4 is 33.8 Å². The molecule has 1 saturated heterocycles. The van der Waals surface area contributed by atoms with Crippen LogP contribution in [0.25, 0.3) is 33.5 Å². The van der Waals surface area contributed by atoms with Crippen LogP contribution in [-0.2, 0) is 0 Å². The average Bonchev–Trinajstić information content (AvgIpc) is 3.38. The third-order valence-electron chi connectivity index (χ3n) is 6.73. The summed E-state index contributed by atoms with van der Waals surface area (Å²) >= 11 is 0. The van der Waals surface area contributed by atoms with Gasteiger partial charge in [0.25, 0.3) is 5.56 Å². The maximum atomic E-state index is 15.1. The Morgan fingerprint density at radius 3 is 2.65 bits per heavy atom. The molecule has 0 radical (unpaired) electrons. The van der Waals surface area contributed by atoms with Crippen LogP contribution in [0, 0.1) is 5.82 Å². The summed E-state index contributed by atoms with van der Waals surface area (Å²) in [5.74, 6) is 0.800. The molecule has 3 heterocycles. The van der Waals surface area contributed by atoms with Gasteiger partial charge in [-0.05, 0) is 67.8 Å². The number of ether oxygens (including phenoxy) is 1. The van der Waals surface area contributed by atoms with Crippen LogP contribution < -0.4 is 15.2 Å². The van der Waals surface area contributed by atoms with Gasteiger partial charge in [0.1, 0.15) is 17.1 Å². The molecule has 0 atom stereocenters. The Labute approximate surface area is 212 Å². The van der Waals surface area contributed by atoms with Gasteiger partial charge in [-0.1, -0.05) is 18.2 Å². The zero-order valence-electron chi connectivity index (χ0n) is 20.4. The number of fused-ring (bicyclic) bond motifs is 2. The summed E-state index contributed by atoms with van der Waals surface area (Å²) in [5, 5.41) is 5.54. The second-order valence-corrected chi connectivity index (χ2v) is 9.05. The fourth-order valence-electron chi connectivity index (χ4n) is 4.80. The minimum absolute atomic E-state index is 0.212. The lowest BCUT2D eigenvalue weighted by molar-refractivity contribution is 0.419.